The Labute approximate surface area is 164 Å². The van der Waals surface area contributed by atoms with Gasteiger partial charge in [-0.1, -0.05) is 18.2 Å². The van der Waals surface area contributed by atoms with Crippen LogP contribution in [-0.4, -0.2) is 20.2 Å². The van der Waals surface area contributed by atoms with E-state index >= 15 is 0 Å². The van der Waals surface area contributed by atoms with Gasteiger partial charge in [-0.05, 0) is 35.4 Å². The van der Waals surface area contributed by atoms with Gasteiger partial charge in [-0.15, -0.1) is 24.0 Å². The van der Waals surface area contributed by atoms with Crippen molar-refractivity contribution in [3.05, 3.63) is 59.2 Å². The molecule has 0 amide bonds. The number of methoxy groups -OCH3 is 2. The van der Waals surface area contributed by atoms with Crippen molar-refractivity contribution in [1.29, 1.82) is 5.26 Å². The molecule has 0 aliphatic heterocycles. The number of nitrogens with zero attached hydrogens (tertiary/aromatic N) is 2. The molecule has 0 spiro atoms. The number of hydrogen-bond donors (Lipinski definition) is 2. The summed E-state index contributed by atoms with van der Waals surface area (Å²) >= 11 is 0. The standard InChI is InChI=1S/C18H20N4O2.HI/c1-23-16-7-6-15(9-17(16)24-2)12-22-18(20)21-11-14-5-3-4-13(8-14)10-19;/h3-9H,11-12H2,1-2H3,(H3,20,21,22);1H. The third-order valence-corrected chi connectivity index (χ3v) is 3.41. The summed E-state index contributed by atoms with van der Waals surface area (Å²) in [5.41, 5.74) is 8.43. The Balaban J connectivity index is 0.00000312. The molecule has 0 heterocycles. The predicted molar refractivity (Wildman–Crippen MR) is 108 cm³/mol. The second kappa shape index (κ2) is 10.4. The van der Waals surface area contributed by atoms with Crippen LogP contribution in [0.25, 0.3) is 0 Å². The van der Waals surface area contributed by atoms with Crippen LogP contribution in [0.5, 0.6) is 11.5 Å². The molecule has 2 aromatic carbocycles. The van der Waals surface area contributed by atoms with Gasteiger partial charge in [0.2, 0.25) is 0 Å². The molecular formula is C18H21IN4O2. The van der Waals surface area contributed by atoms with Gasteiger partial charge >= 0.3 is 0 Å². The average Bonchev–Trinajstić information content (AvgIpc) is 2.64. The summed E-state index contributed by atoms with van der Waals surface area (Å²) in [5, 5.41) is 11.9. The van der Waals surface area contributed by atoms with Crippen molar-refractivity contribution < 1.29 is 9.47 Å². The van der Waals surface area contributed by atoms with Gasteiger partial charge in [-0.25, -0.2) is 4.99 Å². The molecule has 2 rings (SSSR count). The first kappa shape index (κ1) is 20.6. The summed E-state index contributed by atoms with van der Waals surface area (Å²) in [4.78, 5) is 4.28. The molecule has 0 aliphatic rings. The summed E-state index contributed by atoms with van der Waals surface area (Å²) in [6.45, 7) is 0.939. The molecule has 7 heteroatoms. The fourth-order valence-electron chi connectivity index (χ4n) is 2.15. The number of aliphatic imine (C=N–C) groups is 1. The number of nitrogens with two attached hydrogens (primary N) is 1. The molecule has 132 valence electrons. The van der Waals surface area contributed by atoms with Gasteiger partial charge in [0, 0.05) is 6.54 Å². The van der Waals surface area contributed by atoms with Crippen molar-refractivity contribution >= 4 is 29.9 Å². The van der Waals surface area contributed by atoms with E-state index in [-0.39, 0.29) is 24.0 Å². The lowest BCUT2D eigenvalue weighted by atomic mass is 10.1. The van der Waals surface area contributed by atoms with Crippen LogP contribution < -0.4 is 20.5 Å². The van der Waals surface area contributed by atoms with Gasteiger partial charge in [0.15, 0.2) is 17.5 Å². The van der Waals surface area contributed by atoms with E-state index in [0.29, 0.717) is 36.1 Å². The van der Waals surface area contributed by atoms with Crippen LogP contribution in [0.2, 0.25) is 0 Å². The third kappa shape index (κ3) is 6.15. The van der Waals surface area contributed by atoms with Crippen LogP contribution >= 0.6 is 24.0 Å². The Morgan fingerprint density at radius 3 is 2.56 bits per heavy atom. The smallest absolute Gasteiger partial charge is 0.189 e. The molecule has 0 saturated heterocycles. The molecule has 0 radical (unpaired) electrons. The average molecular weight is 452 g/mol. The Kier molecular flexibility index (Phi) is 8.56. The molecule has 0 atom stereocenters. The zero-order valence-corrected chi connectivity index (χ0v) is 16.5. The number of nitrogens with one attached hydrogen (secondary N) is 1. The number of benzene rings is 2. The largest absolute Gasteiger partial charge is 0.493 e. The Hall–Kier alpha value is -2.47. The van der Waals surface area contributed by atoms with Crippen LogP contribution in [0, 0.1) is 11.3 Å². The zero-order chi connectivity index (χ0) is 17.4. The van der Waals surface area contributed by atoms with Crippen molar-refractivity contribution in [2.24, 2.45) is 10.7 Å². The lowest BCUT2D eigenvalue weighted by molar-refractivity contribution is 0.354. The summed E-state index contributed by atoms with van der Waals surface area (Å²) in [7, 11) is 3.20. The van der Waals surface area contributed by atoms with Crippen LogP contribution in [-0.2, 0) is 13.1 Å². The topological polar surface area (TPSA) is 92.7 Å². The van der Waals surface area contributed by atoms with E-state index in [2.05, 4.69) is 16.4 Å². The van der Waals surface area contributed by atoms with Gasteiger partial charge in [0.1, 0.15) is 0 Å². The van der Waals surface area contributed by atoms with E-state index in [1.807, 2.05) is 30.3 Å². The van der Waals surface area contributed by atoms with Crippen LogP contribution in [0.1, 0.15) is 16.7 Å². The summed E-state index contributed by atoms with van der Waals surface area (Å²) in [6.07, 6.45) is 0. The van der Waals surface area contributed by atoms with E-state index in [9.17, 15) is 0 Å². The first-order valence-corrected chi connectivity index (χ1v) is 7.40. The third-order valence-electron chi connectivity index (χ3n) is 3.41. The normalized spacial score (nSPS) is 10.4. The first-order chi connectivity index (χ1) is 11.7. The second-order valence-corrected chi connectivity index (χ2v) is 5.06. The molecule has 0 bridgehead atoms. The molecule has 25 heavy (non-hydrogen) atoms. The second-order valence-electron chi connectivity index (χ2n) is 5.06. The molecule has 6 nitrogen and oxygen atoms in total. The number of rotatable bonds is 6. The molecule has 0 aliphatic carbocycles. The summed E-state index contributed by atoms with van der Waals surface area (Å²) < 4.78 is 10.5. The van der Waals surface area contributed by atoms with E-state index in [1.54, 1.807) is 26.4 Å². The van der Waals surface area contributed by atoms with E-state index < -0.39 is 0 Å². The number of hydrogen-bond acceptors (Lipinski definition) is 4. The van der Waals surface area contributed by atoms with Crippen LogP contribution in [0.3, 0.4) is 0 Å². The Morgan fingerprint density at radius 1 is 1.12 bits per heavy atom. The van der Waals surface area contributed by atoms with Crippen molar-refractivity contribution in [2.45, 2.75) is 13.1 Å². The zero-order valence-electron chi connectivity index (χ0n) is 14.2. The SMILES string of the molecule is COc1ccc(CNC(N)=NCc2cccc(C#N)c2)cc1OC.I. The van der Waals surface area contributed by atoms with Crippen molar-refractivity contribution in [3.8, 4) is 17.6 Å². The minimum Gasteiger partial charge on any atom is -0.493 e. The molecule has 0 unspecified atom stereocenters. The summed E-state index contributed by atoms with van der Waals surface area (Å²) in [6, 6.07) is 15.1. The van der Waals surface area contributed by atoms with Crippen molar-refractivity contribution in [2.75, 3.05) is 14.2 Å². The Bertz CT molecular complexity index is 772. The van der Waals surface area contributed by atoms with Gasteiger partial charge in [0.05, 0.1) is 32.4 Å². The lowest BCUT2D eigenvalue weighted by Gasteiger charge is -2.10. The maximum Gasteiger partial charge on any atom is 0.189 e. The van der Waals surface area contributed by atoms with Gasteiger partial charge in [-0.2, -0.15) is 5.26 Å². The molecule has 0 saturated carbocycles. The summed E-state index contributed by atoms with van der Waals surface area (Å²) in [5.74, 6) is 1.69. The predicted octanol–water partition coefficient (Wildman–Crippen LogP) is 2.80. The number of halogens is 1. The minimum absolute atomic E-state index is 0. The fourth-order valence-corrected chi connectivity index (χ4v) is 2.15. The van der Waals surface area contributed by atoms with Gasteiger partial charge in [0.25, 0.3) is 0 Å². The highest BCUT2D eigenvalue weighted by Gasteiger charge is 2.04. The Morgan fingerprint density at radius 2 is 1.88 bits per heavy atom. The molecule has 0 aromatic heterocycles. The highest BCUT2D eigenvalue weighted by atomic mass is 127. The first-order valence-electron chi connectivity index (χ1n) is 7.40. The quantitative estimate of drug-likeness (QED) is 0.400. The van der Waals surface area contributed by atoms with Crippen LogP contribution in [0.15, 0.2) is 47.5 Å². The van der Waals surface area contributed by atoms with Gasteiger partial charge < -0.3 is 20.5 Å². The molecule has 0 fully saturated rings. The molecular weight excluding hydrogens is 431 g/mol. The van der Waals surface area contributed by atoms with E-state index in [4.69, 9.17) is 20.5 Å². The highest BCUT2D eigenvalue weighted by molar-refractivity contribution is 14.0. The molecule has 2 aromatic rings. The van der Waals surface area contributed by atoms with E-state index in [0.717, 1.165) is 11.1 Å². The molecule has 3 N–H and O–H groups in total. The van der Waals surface area contributed by atoms with Crippen molar-refractivity contribution in [3.63, 3.8) is 0 Å². The maximum atomic E-state index is 8.89. The number of guanidine groups is 1. The number of nitriles is 1. The van der Waals surface area contributed by atoms with Crippen LogP contribution in [0.4, 0.5) is 0 Å². The maximum absolute atomic E-state index is 8.89. The fraction of sp³-hybridized carbons (Fsp3) is 0.222. The monoisotopic (exact) mass is 452 g/mol. The lowest BCUT2D eigenvalue weighted by Crippen LogP contribution is -2.31. The highest BCUT2D eigenvalue weighted by Crippen LogP contribution is 2.27. The van der Waals surface area contributed by atoms with Gasteiger partial charge in [-0.3, -0.25) is 0 Å². The number of ether oxygens (including phenoxy) is 2. The minimum atomic E-state index is 0. The van der Waals surface area contributed by atoms with E-state index in [1.165, 1.54) is 0 Å². The van der Waals surface area contributed by atoms with Crippen molar-refractivity contribution in [1.82, 2.24) is 5.32 Å².